The van der Waals surface area contributed by atoms with Crippen molar-refractivity contribution >= 4 is 26.9 Å². The highest BCUT2D eigenvalue weighted by Gasteiger charge is 2.22. The molecular formula is C12H16ClNO3S. The summed E-state index contributed by atoms with van der Waals surface area (Å²) in [5.41, 5.74) is 0.887. The molecule has 0 fully saturated rings. The lowest BCUT2D eigenvalue weighted by molar-refractivity contribution is 0.108. The van der Waals surface area contributed by atoms with Crippen LogP contribution in [0, 0.1) is 6.92 Å². The van der Waals surface area contributed by atoms with E-state index >= 15 is 0 Å². The van der Waals surface area contributed by atoms with E-state index < -0.39 is 15.3 Å². The molecule has 0 saturated carbocycles. The monoisotopic (exact) mass is 289 g/mol. The van der Waals surface area contributed by atoms with Gasteiger partial charge in [0.15, 0.2) is 0 Å². The second kappa shape index (κ2) is 5.82. The lowest BCUT2D eigenvalue weighted by Gasteiger charge is -2.18. The quantitative estimate of drug-likeness (QED) is 0.782. The maximum atomic E-state index is 12.3. The van der Waals surface area contributed by atoms with E-state index in [2.05, 4.69) is 0 Å². The molecule has 0 N–H and O–H groups in total. The van der Waals surface area contributed by atoms with Crippen LogP contribution in [-0.4, -0.2) is 31.1 Å². The van der Waals surface area contributed by atoms with Gasteiger partial charge >= 0.3 is 0 Å². The first-order valence-electron chi connectivity index (χ1n) is 5.65. The van der Waals surface area contributed by atoms with Gasteiger partial charge in [0, 0.05) is 18.7 Å². The second-order valence-electron chi connectivity index (χ2n) is 3.84. The van der Waals surface area contributed by atoms with Gasteiger partial charge in [0.1, 0.15) is 0 Å². The Kier molecular flexibility index (Phi) is 4.90. The minimum atomic E-state index is -3.55. The fourth-order valence-corrected chi connectivity index (χ4v) is 3.37. The number of rotatable bonds is 5. The van der Waals surface area contributed by atoms with Crippen molar-refractivity contribution in [1.29, 1.82) is 0 Å². The lowest BCUT2D eigenvalue weighted by Crippen LogP contribution is -2.30. The summed E-state index contributed by atoms with van der Waals surface area (Å²) in [5.74, 6) is 0. The molecule has 0 atom stereocenters. The van der Waals surface area contributed by atoms with Crippen LogP contribution in [0.15, 0.2) is 23.1 Å². The van der Waals surface area contributed by atoms with Crippen LogP contribution < -0.4 is 0 Å². The molecule has 0 bridgehead atoms. The number of carbonyl (C=O) groups excluding carboxylic acids is 1. The maximum absolute atomic E-state index is 12.3. The third-order valence-electron chi connectivity index (χ3n) is 2.76. The van der Waals surface area contributed by atoms with E-state index in [4.69, 9.17) is 11.6 Å². The molecule has 0 unspecified atom stereocenters. The Bertz CT molecular complexity index is 550. The van der Waals surface area contributed by atoms with Gasteiger partial charge in [0.25, 0.3) is 5.24 Å². The van der Waals surface area contributed by atoms with Gasteiger partial charge in [-0.05, 0) is 36.2 Å². The molecule has 18 heavy (non-hydrogen) atoms. The molecule has 0 aromatic heterocycles. The predicted molar refractivity (Wildman–Crippen MR) is 71.5 cm³/mol. The van der Waals surface area contributed by atoms with E-state index in [1.807, 2.05) is 0 Å². The zero-order valence-electron chi connectivity index (χ0n) is 10.6. The van der Waals surface area contributed by atoms with Gasteiger partial charge in [0.05, 0.1) is 4.90 Å². The van der Waals surface area contributed by atoms with Crippen LogP contribution in [0.2, 0.25) is 0 Å². The molecule has 0 radical (unpaired) electrons. The lowest BCUT2D eigenvalue weighted by atomic mass is 10.1. The Hall–Kier alpha value is -0.910. The molecule has 0 spiro atoms. The molecule has 0 aliphatic carbocycles. The molecule has 4 nitrogen and oxygen atoms in total. The smallest absolute Gasteiger partial charge is 0.252 e. The molecule has 0 saturated heterocycles. The number of hydrogen-bond donors (Lipinski definition) is 0. The number of carbonyl (C=O) groups is 1. The summed E-state index contributed by atoms with van der Waals surface area (Å²) in [6.07, 6.45) is 0. The molecule has 0 aliphatic rings. The molecule has 1 aromatic carbocycles. The van der Waals surface area contributed by atoms with E-state index in [0.717, 1.165) is 0 Å². The van der Waals surface area contributed by atoms with Crippen molar-refractivity contribution in [3.05, 3.63) is 29.3 Å². The van der Waals surface area contributed by atoms with E-state index in [-0.39, 0.29) is 10.5 Å². The third kappa shape index (κ3) is 2.91. The van der Waals surface area contributed by atoms with Crippen LogP contribution in [0.4, 0.5) is 0 Å². The van der Waals surface area contributed by atoms with Gasteiger partial charge in [-0.1, -0.05) is 19.9 Å². The molecule has 0 heterocycles. The van der Waals surface area contributed by atoms with E-state index in [0.29, 0.717) is 18.7 Å². The van der Waals surface area contributed by atoms with Crippen molar-refractivity contribution in [2.24, 2.45) is 0 Å². The first kappa shape index (κ1) is 15.1. The Morgan fingerprint density at radius 2 is 1.83 bits per heavy atom. The van der Waals surface area contributed by atoms with Crippen molar-refractivity contribution in [1.82, 2.24) is 4.31 Å². The minimum absolute atomic E-state index is 0.0980. The SMILES string of the molecule is CCN(CC)S(=O)(=O)c1ccc(C)c(C(=O)Cl)c1. The van der Waals surface area contributed by atoms with Gasteiger partial charge < -0.3 is 0 Å². The zero-order chi connectivity index (χ0) is 13.9. The van der Waals surface area contributed by atoms with Crippen molar-refractivity contribution in [2.75, 3.05) is 13.1 Å². The van der Waals surface area contributed by atoms with Gasteiger partial charge in [-0.2, -0.15) is 4.31 Å². The number of sulfonamides is 1. The van der Waals surface area contributed by atoms with Gasteiger partial charge in [-0.25, -0.2) is 8.42 Å². The number of nitrogens with zero attached hydrogens (tertiary/aromatic N) is 1. The largest absolute Gasteiger partial charge is 0.276 e. The van der Waals surface area contributed by atoms with E-state index in [1.165, 1.54) is 16.4 Å². The highest BCUT2D eigenvalue weighted by atomic mass is 35.5. The standard InChI is InChI=1S/C12H16ClNO3S/c1-4-14(5-2)18(16,17)10-7-6-9(3)11(8-10)12(13)15/h6-8H,4-5H2,1-3H3. The van der Waals surface area contributed by atoms with Crippen LogP contribution in [0.5, 0.6) is 0 Å². The highest BCUT2D eigenvalue weighted by molar-refractivity contribution is 7.89. The molecule has 0 aliphatic heterocycles. The van der Waals surface area contributed by atoms with Crippen LogP contribution in [-0.2, 0) is 10.0 Å². The average molecular weight is 290 g/mol. The normalized spacial score (nSPS) is 11.8. The zero-order valence-corrected chi connectivity index (χ0v) is 12.2. The Morgan fingerprint density at radius 3 is 2.28 bits per heavy atom. The van der Waals surface area contributed by atoms with E-state index in [9.17, 15) is 13.2 Å². The van der Waals surface area contributed by atoms with Crippen LogP contribution in [0.3, 0.4) is 0 Å². The average Bonchev–Trinajstić information content (AvgIpc) is 2.30. The van der Waals surface area contributed by atoms with Gasteiger partial charge in [0.2, 0.25) is 10.0 Å². The summed E-state index contributed by atoms with van der Waals surface area (Å²) in [6, 6.07) is 4.41. The van der Waals surface area contributed by atoms with Gasteiger partial charge in [-0.15, -0.1) is 0 Å². The van der Waals surface area contributed by atoms with Crippen molar-refractivity contribution in [3.63, 3.8) is 0 Å². The second-order valence-corrected chi connectivity index (χ2v) is 6.12. The summed E-state index contributed by atoms with van der Waals surface area (Å²) < 4.78 is 25.8. The van der Waals surface area contributed by atoms with Crippen molar-refractivity contribution in [2.45, 2.75) is 25.7 Å². The number of hydrogen-bond acceptors (Lipinski definition) is 3. The maximum Gasteiger partial charge on any atom is 0.252 e. The Balaban J connectivity index is 3.34. The number of halogens is 1. The molecule has 100 valence electrons. The predicted octanol–water partition coefficient (Wildman–Crippen LogP) is 2.40. The fourth-order valence-electron chi connectivity index (χ4n) is 1.69. The molecule has 0 amide bonds. The number of aryl methyl sites for hydroxylation is 1. The summed E-state index contributed by atoms with van der Waals surface area (Å²) in [5, 5.41) is -0.649. The molecular weight excluding hydrogens is 274 g/mol. The summed E-state index contributed by atoms with van der Waals surface area (Å²) >= 11 is 5.43. The summed E-state index contributed by atoms with van der Waals surface area (Å²) in [4.78, 5) is 11.3. The van der Waals surface area contributed by atoms with Crippen molar-refractivity contribution in [3.8, 4) is 0 Å². The fraction of sp³-hybridized carbons (Fsp3) is 0.417. The summed E-state index contributed by atoms with van der Waals surface area (Å²) in [6.45, 7) is 6.02. The topological polar surface area (TPSA) is 54.5 Å². The van der Waals surface area contributed by atoms with Gasteiger partial charge in [-0.3, -0.25) is 4.79 Å². The molecule has 6 heteroatoms. The third-order valence-corrected chi connectivity index (χ3v) is 5.01. The first-order valence-corrected chi connectivity index (χ1v) is 7.47. The molecule has 1 rings (SSSR count). The first-order chi connectivity index (χ1) is 8.34. The molecule has 1 aromatic rings. The summed E-state index contributed by atoms with van der Waals surface area (Å²) in [7, 11) is -3.55. The Morgan fingerprint density at radius 1 is 1.28 bits per heavy atom. The number of benzene rings is 1. The Labute approximate surface area is 113 Å². The van der Waals surface area contributed by atoms with Crippen LogP contribution >= 0.6 is 11.6 Å². The highest BCUT2D eigenvalue weighted by Crippen LogP contribution is 2.20. The van der Waals surface area contributed by atoms with Crippen molar-refractivity contribution < 1.29 is 13.2 Å². The minimum Gasteiger partial charge on any atom is -0.276 e. The van der Waals surface area contributed by atoms with E-state index in [1.54, 1.807) is 26.8 Å². The van der Waals surface area contributed by atoms with Crippen LogP contribution in [0.25, 0.3) is 0 Å². The van der Waals surface area contributed by atoms with Crippen LogP contribution in [0.1, 0.15) is 29.8 Å².